The molecular weight excluding hydrogens is 342 g/mol. The Bertz CT molecular complexity index is 908. The normalized spacial score (nSPS) is 11.0. The first-order valence-corrected chi connectivity index (χ1v) is 8.81. The summed E-state index contributed by atoms with van der Waals surface area (Å²) in [5.74, 6) is 0.940. The lowest BCUT2D eigenvalue weighted by Gasteiger charge is -2.14. The van der Waals surface area contributed by atoms with Crippen LogP contribution in [0.1, 0.15) is 23.4 Å². The van der Waals surface area contributed by atoms with E-state index < -0.39 is 0 Å². The third kappa shape index (κ3) is 5.21. The van der Waals surface area contributed by atoms with Crippen LogP contribution in [0.2, 0.25) is 0 Å². The Balaban J connectivity index is 1.49. The highest BCUT2D eigenvalue weighted by Crippen LogP contribution is 2.17. The molecule has 0 aliphatic heterocycles. The van der Waals surface area contributed by atoms with Crippen molar-refractivity contribution in [3.63, 3.8) is 0 Å². The highest BCUT2D eigenvalue weighted by molar-refractivity contribution is 5.91. The Morgan fingerprint density at radius 1 is 1.22 bits per heavy atom. The monoisotopic (exact) mass is 365 g/mol. The number of rotatable bonds is 7. The van der Waals surface area contributed by atoms with Crippen LogP contribution in [0.15, 0.2) is 47.1 Å². The van der Waals surface area contributed by atoms with E-state index in [1.54, 1.807) is 6.20 Å². The SMILES string of the molecule is Cc1ccc(C)c(NC(=O)CCN(C)Cc2nc(-c3ccccn3)no2)c1. The van der Waals surface area contributed by atoms with Gasteiger partial charge in [0, 0.05) is 24.8 Å². The van der Waals surface area contributed by atoms with Crippen molar-refractivity contribution in [1.82, 2.24) is 20.0 Å². The molecule has 0 saturated carbocycles. The van der Waals surface area contributed by atoms with Crippen molar-refractivity contribution in [3.05, 3.63) is 59.6 Å². The molecule has 0 aliphatic rings. The van der Waals surface area contributed by atoms with Gasteiger partial charge in [-0.15, -0.1) is 0 Å². The molecule has 3 aromatic rings. The highest BCUT2D eigenvalue weighted by atomic mass is 16.5. The quantitative estimate of drug-likeness (QED) is 0.692. The summed E-state index contributed by atoms with van der Waals surface area (Å²) in [7, 11) is 1.91. The van der Waals surface area contributed by atoms with E-state index >= 15 is 0 Å². The minimum absolute atomic E-state index is 0.0183. The van der Waals surface area contributed by atoms with Crippen LogP contribution in [0.3, 0.4) is 0 Å². The number of nitrogens with one attached hydrogen (secondary N) is 1. The van der Waals surface area contributed by atoms with E-state index in [0.717, 1.165) is 16.8 Å². The summed E-state index contributed by atoms with van der Waals surface area (Å²) in [5.41, 5.74) is 3.70. The second-order valence-corrected chi connectivity index (χ2v) is 6.58. The lowest BCUT2D eigenvalue weighted by Crippen LogP contribution is -2.24. The van der Waals surface area contributed by atoms with Gasteiger partial charge in [-0.3, -0.25) is 14.7 Å². The molecule has 2 heterocycles. The van der Waals surface area contributed by atoms with Gasteiger partial charge in [-0.1, -0.05) is 23.4 Å². The predicted molar refractivity (Wildman–Crippen MR) is 103 cm³/mol. The fourth-order valence-corrected chi connectivity index (χ4v) is 2.60. The Kier molecular flexibility index (Phi) is 5.93. The van der Waals surface area contributed by atoms with E-state index in [1.807, 2.05) is 62.2 Å². The first-order chi connectivity index (χ1) is 13.0. The maximum atomic E-state index is 12.2. The smallest absolute Gasteiger partial charge is 0.241 e. The molecular formula is C20H23N5O2. The van der Waals surface area contributed by atoms with Crippen LogP contribution < -0.4 is 5.32 Å². The second kappa shape index (κ2) is 8.55. The van der Waals surface area contributed by atoms with Crippen LogP contribution in [0.5, 0.6) is 0 Å². The summed E-state index contributed by atoms with van der Waals surface area (Å²) in [6.07, 6.45) is 2.07. The van der Waals surface area contributed by atoms with Gasteiger partial charge in [0.2, 0.25) is 17.6 Å². The molecule has 7 nitrogen and oxygen atoms in total. The molecule has 3 rings (SSSR count). The Labute approximate surface area is 158 Å². The number of carbonyl (C=O) groups excluding carboxylic acids is 1. The number of nitrogens with zero attached hydrogens (tertiary/aromatic N) is 4. The highest BCUT2D eigenvalue weighted by Gasteiger charge is 2.13. The molecule has 2 aromatic heterocycles. The van der Waals surface area contributed by atoms with Crippen molar-refractivity contribution in [2.24, 2.45) is 0 Å². The number of carbonyl (C=O) groups is 1. The van der Waals surface area contributed by atoms with Crippen LogP contribution in [0, 0.1) is 13.8 Å². The zero-order valence-electron chi connectivity index (χ0n) is 15.8. The third-order valence-electron chi connectivity index (χ3n) is 4.16. The van der Waals surface area contributed by atoms with Gasteiger partial charge in [0.15, 0.2) is 0 Å². The van der Waals surface area contributed by atoms with Crippen LogP contribution in [-0.2, 0) is 11.3 Å². The summed E-state index contributed by atoms with van der Waals surface area (Å²) < 4.78 is 5.28. The van der Waals surface area contributed by atoms with Gasteiger partial charge < -0.3 is 9.84 Å². The maximum Gasteiger partial charge on any atom is 0.241 e. The van der Waals surface area contributed by atoms with E-state index in [-0.39, 0.29) is 5.91 Å². The van der Waals surface area contributed by atoms with Gasteiger partial charge in [0.1, 0.15) is 5.69 Å². The van der Waals surface area contributed by atoms with Crippen molar-refractivity contribution in [2.75, 3.05) is 18.9 Å². The molecule has 0 spiro atoms. The molecule has 7 heteroatoms. The zero-order valence-corrected chi connectivity index (χ0v) is 15.8. The van der Waals surface area contributed by atoms with Gasteiger partial charge in [-0.25, -0.2) is 0 Å². The molecule has 0 unspecified atom stereocenters. The van der Waals surface area contributed by atoms with Crippen molar-refractivity contribution in [1.29, 1.82) is 0 Å². The van der Waals surface area contributed by atoms with Crippen LogP contribution >= 0.6 is 0 Å². The molecule has 27 heavy (non-hydrogen) atoms. The molecule has 1 amide bonds. The number of benzene rings is 1. The predicted octanol–water partition coefficient (Wildman–Crippen LogP) is 3.21. The summed E-state index contributed by atoms with van der Waals surface area (Å²) in [4.78, 5) is 22.8. The van der Waals surface area contributed by atoms with Crippen molar-refractivity contribution in [3.8, 4) is 11.5 Å². The van der Waals surface area contributed by atoms with E-state index in [2.05, 4.69) is 20.4 Å². The topological polar surface area (TPSA) is 84.2 Å². The number of aromatic nitrogens is 3. The van der Waals surface area contributed by atoms with Gasteiger partial charge in [-0.05, 0) is 50.2 Å². The average molecular weight is 365 g/mol. The summed E-state index contributed by atoms with van der Waals surface area (Å²) >= 11 is 0. The average Bonchev–Trinajstić information content (AvgIpc) is 3.12. The Morgan fingerprint density at radius 2 is 2.07 bits per heavy atom. The first-order valence-electron chi connectivity index (χ1n) is 8.81. The molecule has 0 atom stereocenters. The third-order valence-corrected chi connectivity index (χ3v) is 4.16. The fraction of sp³-hybridized carbons (Fsp3) is 0.300. The largest absolute Gasteiger partial charge is 0.337 e. The molecule has 0 fully saturated rings. The minimum Gasteiger partial charge on any atom is -0.337 e. The van der Waals surface area contributed by atoms with E-state index in [0.29, 0.717) is 36.9 Å². The lowest BCUT2D eigenvalue weighted by molar-refractivity contribution is -0.116. The molecule has 0 aliphatic carbocycles. The van der Waals surface area contributed by atoms with Crippen LogP contribution in [-0.4, -0.2) is 39.5 Å². The summed E-state index contributed by atoms with van der Waals surface area (Å²) in [5, 5.41) is 6.92. The number of anilines is 1. The van der Waals surface area contributed by atoms with Crippen molar-refractivity contribution >= 4 is 11.6 Å². The van der Waals surface area contributed by atoms with Crippen molar-refractivity contribution < 1.29 is 9.32 Å². The van der Waals surface area contributed by atoms with Gasteiger partial charge in [0.05, 0.1) is 6.54 Å². The standard InChI is InChI=1S/C20H23N5O2/c1-14-7-8-15(2)17(12-14)22-18(26)9-11-25(3)13-19-23-20(24-27-19)16-6-4-5-10-21-16/h4-8,10,12H,9,11,13H2,1-3H3,(H,22,26). The summed E-state index contributed by atoms with van der Waals surface area (Å²) in [6.45, 7) is 5.04. The number of aryl methyl sites for hydroxylation is 2. The number of hydrogen-bond acceptors (Lipinski definition) is 6. The second-order valence-electron chi connectivity index (χ2n) is 6.58. The van der Waals surface area contributed by atoms with Gasteiger partial charge in [0.25, 0.3) is 0 Å². The molecule has 1 aromatic carbocycles. The lowest BCUT2D eigenvalue weighted by atomic mass is 10.1. The number of pyridine rings is 1. The van der Waals surface area contributed by atoms with Crippen molar-refractivity contribution in [2.45, 2.75) is 26.8 Å². The molecule has 0 radical (unpaired) electrons. The molecule has 0 saturated heterocycles. The van der Waals surface area contributed by atoms with Crippen LogP contribution in [0.4, 0.5) is 5.69 Å². The van der Waals surface area contributed by atoms with Crippen LogP contribution in [0.25, 0.3) is 11.5 Å². The molecule has 1 N–H and O–H groups in total. The number of hydrogen-bond donors (Lipinski definition) is 1. The zero-order chi connectivity index (χ0) is 19.2. The minimum atomic E-state index is -0.0183. The maximum absolute atomic E-state index is 12.2. The molecule has 140 valence electrons. The van der Waals surface area contributed by atoms with E-state index in [1.165, 1.54) is 0 Å². The van der Waals surface area contributed by atoms with Gasteiger partial charge >= 0.3 is 0 Å². The van der Waals surface area contributed by atoms with Gasteiger partial charge in [-0.2, -0.15) is 4.98 Å². The van der Waals surface area contributed by atoms with E-state index in [4.69, 9.17) is 4.52 Å². The fourth-order valence-electron chi connectivity index (χ4n) is 2.60. The molecule has 0 bridgehead atoms. The number of amides is 1. The summed E-state index contributed by atoms with van der Waals surface area (Å²) in [6, 6.07) is 11.6. The first kappa shape index (κ1) is 18.7. The Hall–Kier alpha value is -3.06. The Morgan fingerprint density at radius 3 is 2.85 bits per heavy atom. The van der Waals surface area contributed by atoms with E-state index in [9.17, 15) is 4.79 Å².